The van der Waals surface area contributed by atoms with Gasteiger partial charge in [-0.15, -0.1) is 0 Å². The van der Waals surface area contributed by atoms with Crippen LogP contribution in [0, 0.1) is 5.92 Å². The number of rotatable bonds is 6. The molecule has 1 fully saturated rings. The van der Waals surface area contributed by atoms with Crippen LogP contribution in [-0.2, 0) is 13.5 Å². The highest BCUT2D eigenvalue weighted by Gasteiger charge is 2.21. The Morgan fingerprint density at radius 3 is 2.81 bits per heavy atom. The molecular formula is C18H27N3. The van der Waals surface area contributed by atoms with Crippen LogP contribution in [0.2, 0.25) is 0 Å². The lowest BCUT2D eigenvalue weighted by Gasteiger charge is -2.20. The highest BCUT2D eigenvalue weighted by atomic mass is 15.3. The molecule has 0 spiro atoms. The van der Waals surface area contributed by atoms with Gasteiger partial charge in [-0.25, -0.2) is 0 Å². The van der Waals surface area contributed by atoms with Gasteiger partial charge in [-0.3, -0.25) is 4.68 Å². The highest BCUT2D eigenvalue weighted by molar-refractivity contribution is 5.81. The van der Waals surface area contributed by atoms with E-state index in [2.05, 4.69) is 36.5 Å². The van der Waals surface area contributed by atoms with Gasteiger partial charge in [0.2, 0.25) is 0 Å². The summed E-state index contributed by atoms with van der Waals surface area (Å²) in [6.45, 7) is 3.25. The highest BCUT2D eigenvalue weighted by Crippen LogP contribution is 2.29. The monoisotopic (exact) mass is 285 g/mol. The van der Waals surface area contributed by atoms with Crippen molar-refractivity contribution in [1.82, 2.24) is 15.1 Å². The Balaban J connectivity index is 1.77. The number of likely N-dealkylation sites (N-methyl/N-ethyl adjacent to an activating group) is 1. The summed E-state index contributed by atoms with van der Waals surface area (Å²) >= 11 is 0. The average molecular weight is 285 g/mol. The van der Waals surface area contributed by atoms with E-state index in [4.69, 9.17) is 5.10 Å². The van der Waals surface area contributed by atoms with Gasteiger partial charge in [-0.05, 0) is 24.9 Å². The summed E-state index contributed by atoms with van der Waals surface area (Å²) in [6.07, 6.45) is 8.05. The maximum atomic E-state index is 4.76. The molecule has 1 atom stereocenters. The summed E-state index contributed by atoms with van der Waals surface area (Å²) < 4.78 is 2.02. The van der Waals surface area contributed by atoms with Crippen molar-refractivity contribution in [3.63, 3.8) is 0 Å². The van der Waals surface area contributed by atoms with E-state index in [1.165, 1.54) is 48.7 Å². The molecule has 3 rings (SSSR count). The van der Waals surface area contributed by atoms with E-state index in [9.17, 15) is 0 Å². The van der Waals surface area contributed by atoms with Crippen molar-refractivity contribution < 1.29 is 0 Å². The molecule has 1 aliphatic carbocycles. The van der Waals surface area contributed by atoms with Crippen LogP contribution in [0.1, 0.15) is 44.7 Å². The first-order valence-electron chi connectivity index (χ1n) is 8.42. The van der Waals surface area contributed by atoms with Gasteiger partial charge in [0, 0.05) is 24.9 Å². The Morgan fingerprint density at radius 1 is 1.29 bits per heavy atom. The molecule has 1 aromatic heterocycles. The molecule has 0 radical (unpaired) electrons. The first kappa shape index (κ1) is 14.6. The standard InChI is InChI=1S/C18H27N3/c1-3-19-15(12-14-8-4-5-9-14)13-17-16-10-6-7-11-18(16)21(2)20-17/h6-7,10-11,14-15,19H,3-5,8-9,12-13H2,1-2H3. The molecule has 1 aliphatic rings. The first-order chi connectivity index (χ1) is 10.3. The quantitative estimate of drug-likeness (QED) is 0.877. The summed E-state index contributed by atoms with van der Waals surface area (Å²) in [7, 11) is 2.05. The number of hydrogen-bond donors (Lipinski definition) is 1. The number of benzene rings is 1. The van der Waals surface area contributed by atoms with Crippen LogP contribution >= 0.6 is 0 Å². The second kappa shape index (κ2) is 6.61. The summed E-state index contributed by atoms with van der Waals surface area (Å²) in [5.74, 6) is 0.920. The first-order valence-corrected chi connectivity index (χ1v) is 8.42. The summed E-state index contributed by atoms with van der Waals surface area (Å²) in [5, 5.41) is 9.76. The molecule has 2 aromatic rings. The molecular weight excluding hydrogens is 258 g/mol. The normalized spacial score (nSPS) is 17.6. The van der Waals surface area contributed by atoms with Crippen LogP contribution in [0.4, 0.5) is 0 Å². The third-order valence-electron chi connectivity index (χ3n) is 4.86. The van der Waals surface area contributed by atoms with Crippen molar-refractivity contribution in [1.29, 1.82) is 0 Å². The number of nitrogens with one attached hydrogen (secondary N) is 1. The van der Waals surface area contributed by atoms with Gasteiger partial charge in [0.25, 0.3) is 0 Å². The Kier molecular flexibility index (Phi) is 4.59. The van der Waals surface area contributed by atoms with Crippen LogP contribution in [0.25, 0.3) is 10.9 Å². The van der Waals surface area contributed by atoms with Crippen molar-refractivity contribution in [3.8, 4) is 0 Å². The van der Waals surface area contributed by atoms with Crippen LogP contribution in [-0.4, -0.2) is 22.4 Å². The molecule has 1 N–H and O–H groups in total. The third-order valence-corrected chi connectivity index (χ3v) is 4.86. The number of nitrogens with zero attached hydrogens (tertiary/aromatic N) is 2. The predicted molar refractivity (Wildman–Crippen MR) is 88.5 cm³/mol. The SMILES string of the molecule is CCNC(Cc1nn(C)c2ccccc12)CC1CCCC1. The Morgan fingerprint density at radius 2 is 2.05 bits per heavy atom. The van der Waals surface area contributed by atoms with Crippen LogP contribution < -0.4 is 5.32 Å². The molecule has 21 heavy (non-hydrogen) atoms. The van der Waals surface area contributed by atoms with Crippen molar-refractivity contribution in [2.24, 2.45) is 13.0 Å². The van der Waals surface area contributed by atoms with Crippen molar-refractivity contribution in [2.45, 2.75) is 51.5 Å². The predicted octanol–water partition coefficient (Wildman–Crippen LogP) is 3.67. The zero-order valence-electron chi connectivity index (χ0n) is 13.3. The van der Waals surface area contributed by atoms with E-state index < -0.39 is 0 Å². The maximum Gasteiger partial charge on any atom is 0.0718 e. The third kappa shape index (κ3) is 3.29. The van der Waals surface area contributed by atoms with Gasteiger partial charge in [0.05, 0.1) is 11.2 Å². The van der Waals surface area contributed by atoms with Crippen LogP contribution in [0.3, 0.4) is 0 Å². The van der Waals surface area contributed by atoms with Crippen molar-refractivity contribution in [2.75, 3.05) is 6.54 Å². The van der Waals surface area contributed by atoms with E-state index in [0.29, 0.717) is 6.04 Å². The Bertz CT molecular complexity index is 581. The van der Waals surface area contributed by atoms with E-state index in [-0.39, 0.29) is 0 Å². The summed E-state index contributed by atoms with van der Waals surface area (Å²) in [6, 6.07) is 9.14. The second-order valence-electron chi connectivity index (χ2n) is 6.43. The molecule has 1 aromatic carbocycles. The van der Waals surface area contributed by atoms with Crippen molar-refractivity contribution in [3.05, 3.63) is 30.0 Å². The summed E-state index contributed by atoms with van der Waals surface area (Å²) in [5.41, 5.74) is 2.49. The number of fused-ring (bicyclic) bond motifs is 1. The minimum atomic E-state index is 0.566. The van der Waals surface area contributed by atoms with Gasteiger partial charge in [0.15, 0.2) is 0 Å². The van der Waals surface area contributed by atoms with E-state index in [0.717, 1.165) is 18.9 Å². The molecule has 1 saturated carbocycles. The van der Waals surface area contributed by atoms with Gasteiger partial charge < -0.3 is 5.32 Å². The van der Waals surface area contributed by atoms with Gasteiger partial charge in [-0.2, -0.15) is 5.10 Å². The number of aromatic nitrogens is 2. The van der Waals surface area contributed by atoms with E-state index in [1.807, 2.05) is 11.7 Å². The molecule has 1 heterocycles. The lowest BCUT2D eigenvalue weighted by atomic mass is 9.95. The Labute approximate surface area is 127 Å². The van der Waals surface area contributed by atoms with Crippen LogP contribution in [0.15, 0.2) is 24.3 Å². The zero-order chi connectivity index (χ0) is 14.7. The minimum absolute atomic E-state index is 0.566. The minimum Gasteiger partial charge on any atom is -0.314 e. The lowest BCUT2D eigenvalue weighted by Crippen LogP contribution is -2.33. The molecule has 0 aliphatic heterocycles. The molecule has 0 saturated heterocycles. The number of aryl methyl sites for hydroxylation is 1. The largest absolute Gasteiger partial charge is 0.314 e. The Hall–Kier alpha value is -1.35. The fourth-order valence-corrected chi connectivity index (χ4v) is 3.85. The van der Waals surface area contributed by atoms with Crippen LogP contribution in [0.5, 0.6) is 0 Å². The number of hydrogen-bond acceptors (Lipinski definition) is 2. The van der Waals surface area contributed by atoms with Crippen molar-refractivity contribution >= 4 is 10.9 Å². The summed E-state index contributed by atoms with van der Waals surface area (Å²) in [4.78, 5) is 0. The molecule has 0 bridgehead atoms. The molecule has 1 unspecified atom stereocenters. The molecule has 114 valence electrons. The number of para-hydroxylation sites is 1. The molecule has 3 nitrogen and oxygen atoms in total. The second-order valence-corrected chi connectivity index (χ2v) is 6.43. The fourth-order valence-electron chi connectivity index (χ4n) is 3.85. The smallest absolute Gasteiger partial charge is 0.0718 e. The zero-order valence-corrected chi connectivity index (χ0v) is 13.3. The van der Waals surface area contributed by atoms with E-state index in [1.54, 1.807) is 0 Å². The van der Waals surface area contributed by atoms with Gasteiger partial charge in [0.1, 0.15) is 0 Å². The van der Waals surface area contributed by atoms with Gasteiger partial charge in [-0.1, -0.05) is 50.8 Å². The average Bonchev–Trinajstić information content (AvgIpc) is 3.09. The van der Waals surface area contributed by atoms with Gasteiger partial charge >= 0.3 is 0 Å². The lowest BCUT2D eigenvalue weighted by molar-refractivity contribution is 0.388. The molecule has 0 amide bonds. The topological polar surface area (TPSA) is 29.9 Å². The fraction of sp³-hybridized carbons (Fsp3) is 0.611. The van der Waals surface area contributed by atoms with E-state index >= 15 is 0 Å². The molecule has 3 heteroatoms. The maximum absolute atomic E-state index is 4.76.